The second-order valence-electron chi connectivity index (χ2n) is 4.61. The Morgan fingerprint density at radius 2 is 2.20 bits per heavy atom. The molecule has 20 heavy (non-hydrogen) atoms. The van der Waals surface area contributed by atoms with Crippen LogP contribution in [0.1, 0.15) is 22.5 Å². The molecule has 0 atom stereocenters. The van der Waals surface area contributed by atoms with Gasteiger partial charge < -0.3 is 15.8 Å². The summed E-state index contributed by atoms with van der Waals surface area (Å²) in [6, 6.07) is 7.81. The molecule has 1 aromatic heterocycles. The molecule has 0 bridgehead atoms. The lowest BCUT2D eigenvalue weighted by molar-refractivity contribution is -0.136. The lowest BCUT2D eigenvalue weighted by atomic mass is 10.1. The fraction of sp³-hybridized carbons (Fsp3) is 0.214. The highest BCUT2D eigenvalue weighted by Gasteiger charge is 2.12. The summed E-state index contributed by atoms with van der Waals surface area (Å²) in [7, 11) is 0. The molecule has 0 radical (unpaired) electrons. The molecular formula is C14H15N3O3. The molecule has 0 aliphatic heterocycles. The molecule has 0 spiro atoms. The van der Waals surface area contributed by atoms with Crippen LogP contribution in [-0.2, 0) is 17.6 Å². The number of carboxylic acids is 1. The third kappa shape index (κ3) is 3.23. The molecule has 4 N–H and O–H groups in total. The minimum absolute atomic E-state index is 0.00880. The lowest BCUT2D eigenvalue weighted by Gasteiger charge is -2.06. The van der Waals surface area contributed by atoms with Gasteiger partial charge in [-0.05, 0) is 12.5 Å². The SMILES string of the molecule is Cc1cccc(Cc2nc(N)c(CC(=O)O)c(=O)[nH]2)c1. The number of nitrogens with two attached hydrogens (primary N) is 1. The third-order valence-electron chi connectivity index (χ3n) is 2.88. The number of nitrogens with one attached hydrogen (secondary N) is 1. The van der Waals surface area contributed by atoms with E-state index < -0.39 is 17.9 Å². The van der Waals surface area contributed by atoms with Crippen molar-refractivity contribution in [3.05, 3.63) is 57.1 Å². The van der Waals surface area contributed by atoms with Crippen LogP contribution in [0.2, 0.25) is 0 Å². The van der Waals surface area contributed by atoms with Gasteiger partial charge >= 0.3 is 5.97 Å². The summed E-state index contributed by atoms with van der Waals surface area (Å²) in [5, 5.41) is 8.71. The van der Waals surface area contributed by atoms with Gasteiger partial charge in [0.1, 0.15) is 11.6 Å². The van der Waals surface area contributed by atoms with Gasteiger partial charge in [-0.25, -0.2) is 4.98 Å². The molecule has 0 aliphatic carbocycles. The minimum Gasteiger partial charge on any atom is -0.481 e. The molecule has 1 heterocycles. The van der Waals surface area contributed by atoms with Crippen molar-refractivity contribution in [2.75, 3.05) is 5.73 Å². The molecule has 0 saturated carbocycles. The highest BCUT2D eigenvalue weighted by Crippen LogP contribution is 2.10. The van der Waals surface area contributed by atoms with Gasteiger partial charge in [0.2, 0.25) is 0 Å². The molecule has 0 unspecified atom stereocenters. The Morgan fingerprint density at radius 3 is 2.80 bits per heavy atom. The van der Waals surface area contributed by atoms with Gasteiger partial charge in [0.25, 0.3) is 5.56 Å². The van der Waals surface area contributed by atoms with E-state index in [1.54, 1.807) is 0 Å². The Hall–Kier alpha value is -2.63. The second kappa shape index (κ2) is 5.56. The number of carbonyl (C=O) groups is 1. The number of anilines is 1. The van der Waals surface area contributed by atoms with E-state index in [2.05, 4.69) is 9.97 Å². The number of aromatic nitrogens is 2. The first-order valence-electron chi connectivity index (χ1n) is 6.10. The molecule has 0 fully saturated rings. The zero-order chi connectivity index (χ0) is 14.7. The van der Waals surface area contributed by atoms with Crippen LogP contribution in [0.3, 0.4) is 0 Å². The summed E-state index contributed by atoms with van der Waals surface area (Å²) in [4.78, 5) is 29.1. The third-order valence-corrected chi connectivity index (χ3v) is 2.88. The molecule has 6 heteroatoms. The first-order valence-corrected chi connectivity index (χ1v) is 6.10. The van der Waals surface area contributed by atoms with Crippen LogP contribution < -0.4 is 11.3 Å². The number of nitrogen functional groups attached to an aromatic ring is 1. The fourth-order valence-electron chi connectivity index (χ4n) is 1.98. The molecule has 2 aromatic rings. The van der Waals surface area contributed by atoms with E-state index >= 15 is 0 Å². The number of aliphatic carboxylic acids is 1. The summed E-state index contributed by atoms with van der Waals surface area (Å²) >= 11 is 0. The van der Waals surface area contributed by atoms with Gasteiger partial charge in [-0.2, -0.15) is 0 Å². The number of rotatable bonds is 4. The number of aromatic amines is 1. The van der Waals surface area contributed by atoms with E-state index in [9.17, 15) is 9.59 Å². The van der Waals surface area contributed by atoms with Crippen LogP contribution in [0.25, 0.3) is 0 Å². The van der Waals surface area contributed by atoms with E-state index in [-0.39, 0.29) is 11.4 Å². The monoisotopic (exact) mass is 273 g/mol. The molecule has 2 rings (SSSR count). The van der Waals surface area contributed by atoms with Crippen LogP contribution in [-0.4, -0.2) is 21.0 Å². The largest absolute Gasteiger partial charge is 0.481 e. The van der Waals surface area contributed by atoms with Gasteiger partial charge in [0.05, 0.1) is 12.0 Å². The number of hydrogen-bond donors (Lipinski definition) is 3. The Balaban J connectivity index is 2.31. The van der Waals surface area contributed by atoms with E-state index in [1.165, 1.54) is 0 Å². The Bertz CT molecular complexity index is 707. The molecule has 1 aromatic carbocycles. The number of nitrogens with zero attached hydrogens (tertiary/aromatic N) is 1. The van der Waals surface area contributed by atoms with Gasteiger partial charge in [-0.15, -0.1) is 0 Å². The average Bonchev–Trinajstić information content (AvgIpc) is 2.33. The summed E-state index contributed by atoms with van der Waals surface area (Å²) < 4.78 is 0. The standard InChI is InChI=1S/C14H15N3O3/c1-8-3-2-4-9(5-8)6-11-16-13(15)10(7-12(18)19)14(20)17-11/h2-5H,6-7H2,1H3,(H,18,19)(H3,15,16,17,20). The highest BCUT2D eigenvalue weighted by molar-refractivity contribution is 5.71. The normalized spacial score (nSPS) is 10.4. The zero-order valence-corrected chi connectivity index (χ0v) is 11.0. The lowest BCUT2D eigenvalue weighted by Crippen LogP contribution is -2.22. The first kappa shape index (κ1) is 13.8. The minimum atomic E-state index is -1.12. The van der Waals surface area contributed by atoms with E-state index in [0.29, 0.717) is 12.2 Å². The Morgan fingerprint density at radius 1 is 1.45 bits per heavy atom. The summed E-state index contributed by atoms with van der Waals surface area (Å²) in [5.74, 6) is -0.721. The number of aryl methyl sites for hydroxylation is 1. The van der Waals surface area contributed by atoms with Crippen molar-refractivity contribution in [1.82, 2.24) is 9.97 Å². The molecule has 104 valence electrons. The summed E-state index contributed by atoms with van der Waals surface area (Å²) in [6.45, 7) is 1.98. The number of hydrogen-bond acceptors (Lipinski definition) is 4. The first-order chi connectivity index (χ1) is 9.45. The van der Waals surface area contributed by atoms with E-state index in [1.807, 2.05) is 31.2 Å². The average molecular weight is 273 g/mol. The van der Waals surface area contributed by atoms with E-state index in [0.717, 1.165) is 11.1 Å². The Labute approximate surface area is 115 Å². The number of benzene rings is 1. The maximum Gasteiger partial charge on any atom is 0.308 e. The molecule has 6 nitrogen and oxygen atoms in total. The van der Waals surface area contributed by atoms with Crippen LogP contribution in [0, 0.1) is 6.92 Å². The fourth-order valence-corrected chi connectivity index (χ4v) is 1.98. The van der Waals surface area contributed by atoms with Gasteiger partial charge in [0.15, 0.2) is 0 Å². The highest BCUT2D eigenvalue weighted by atomic mass is 16.4. The van der Waals surface area contributed by atoms with Crippen molar-refractivity contribution in [1.29, 1.82) is 0 Å². The van der Waals surface area contributed by atoms with Crippen molar-refractivity contribution in [2.45, 2.75) is 19.8 Å². The van der Waals surface area contributed by atoms with E-state index in [4.69, 9.17) is 10.8 Å². The maximum atomic E-state index is 11.8. The summed E-state index contributed by atoms with van der Waals surface area (Å²) in [6.07, 6.45) is 0.00730. The van der Waals surface area contributed by atoms with Crippen molar-refractivity contribution in [2.24, 2.45) is 0 Å². The topological polar surface area (TPSA) is 109 Å². The molecule has 0 aliphatic rings. The smallest absolute Gasteiger partial charge is 0.308 e. The predicted molar refractivity (Wildman–Crippen MR) is 74.6 cm³/mol. The van der Waals surface area contributed by atoms with Gasteiger partial charge in [0, 0.05) is 6.42 Å². The van der Waals surface area contributed by atoms with Crippen LogP contribution >= 0.6 is 0 Å². The van der Waals surface area contributed by atoms with Crippen molar-refractivity contribution in [3.8, 4) is 0 Å². The van der Waals surface area contributed by atoms with Gasteiger partial charge in [-0.1, -0.05) is 29.8 Å². The number of carboxylic acid groups (broad SMARTS) is 1. The van der Waals surface area contributed by atoms with Crippen molar-refractivity contribution in [3.63, 3.8) is 0 Å². The van der Waals surface area contributed by atoms with Crippen LogP contribution in [0.4, 0.5) is 5.82 Å². The maximum absolute atomic E-state index is 11.8. The molecule has 0 amide bonds. The van der Waals surface area contributed by atoms with Crippen molar-refractivity contribution >= 4 is 11.8 Å². The summed E-state index contributed by atoms with van der Waals surface area (Å²) in [5.41, 5.74) is 7.26. The number of H-pyrrole nitrogens is 1. The predicted octanol–water partition coefficient (Wildman–Crippen LogP) is 0.878. The molecule has 0 saturated heterocycles. The quantitative estimate of drug-likeness (QED) is 0.766. The van der Waals surface area contributed by atoms with Crippen molar-refractivity contribution < 1.29 is 9.90 Å². The Kier molecular flexibility index (Phi) is 3.84. The molecular weight excluding hydrogens is 258 g/mol. The van der Waals surface area contributed by atoms with Gasteiger partial charge in [-0.3, -0.25) is 9.59 Å². The van der Waals surface area contributed by atoms with Crippen LogP contribution in [0.15, 0.2) is 29.1 Å². The second-order valence-corrected chi connectivity index (χ2v) is 4.61. The van der Waals surface area contributed by atoms with Crippen LogP contribution in [0.5, 0.6) is 0 Å². The zero-order valence-electron chi connectivity index (χ0n) is 11.0.